The van der Waals surface area contributed by atoms with E-state index in [1.165, 1.54) is 16.2 Å². The average Bonchev–Trinajstić information content (AvgIpc) is 4.20. The monoisotopic (exact) mass is 1100 g/mol. The number of aromatic nitrogens is 4. The highest BCUT2D eigenvalue weighted by Gasteiger charge is 2.45. The van der Waals surface area contributed by atoms with Crippen LogP contribution in [0.5, 0.6) is 0 Å². The van der Waals surface area contributed by atoms with Gasteiger partial charge in [-0.25, -0.2) is 4.98 Å². The molecule has 0 saturated carbocycles. The first kappa shape index (κ1) is 55.5. The predicted molar refractivity (Wildman–Crippen MR) is 286 cm³/mol. The summed E-state index contributed by atoms with van der Waals surface area (Å²) in [5.74, 6) is -4.12. The number of carbonyl (C=O) groups is 7. The molecule has 0 unspecified atom stereocenters. The number of aliphatic hydroxyl groups is 1. The molecule has 3 aliphatic rings. The van der Waals surface area contributed by atoms with Gasteiger partial charge >= 0.3 is 0 Å². The lowest BCUT2D eigenvalue weighted by Crippen LogP contribution is -2.58. The lowest BCUT2D eigenvalue weighted by atomic mass is 9.85. The van der Waals surface area contributed by atoms with Crippen LogP contribution in [-0.4, -0.2) is 134 Å². The van der Waals surface area contributed by atoms with Crippen molar-refractivity contribution < 1.29 is 43.4 Å². The summed E-state index contributed by atoms with van der Waals surface area (Å²) in [6.45, 7) is 11.4. The number of hydrogen-bond donors (Lipinski definition) is 6. The lowest BCUT2D eigenvalue weighted by Gasteiger charge is -2.35. The summed E-state index contributed by atoms with van der Waals surface area (Å²) in [5.41, 5.74) is 6.50. The molecule has 6 amide bonds. The van der Waals surface area contributed by atoms with Crippen LogP contribution in [0.3, 0.4) is 0 Å². The van der Waals surface area contributed by atoms with Crippen LogP contribution >= 0.6 is 34.3 Å². The van der Waals surface area contributed by atoms with Gasteiger partial charge in [0.15, 0.2) is 11.6 Å². The second-order valence-electron chi connectivity index (χ2n) is 20.4. The highest BCUT2D eigenvalue weighted by atomic mass is 35.5. The summed E-state index contributed by atoms with van der Waals surface area (Å²) < 4.78 is 7.53. The molecule has 0 spiro atoms. The maximum absolute atomic E-state index is 14.3. The average molecular weight is 1100 g/mol. The number of halogens is 1. The van der Waals surface area contributed by atoms with E-state index in [0.717, 1.165) is 42.7 Å². The van der Waals surface area contributed by atoms with Crippen LogP contribution in [0.25, 0.3) is 15.4 Å². The van der Waals surface area contributed by atoms with Gasteiger partial charge in [0.25, 0.3) is 0 Å². The van der Waals surface area contributed by atoms with Crippen LogP contribution in [-0.2, 0) is 38.3 Å². The zero-order valence-corrected chi connectivity index (χ0v) is 45.7. The molecule has 0 bridgehead atoms. The van der Waals surface area contributed by atoms with E-state index in [1.807, 2.05) is 56.5 Å². The van der Waals surface area contributed by atoms with Gasteiger partial charge in [-0.3, -0.25) is 43.1 Å². The van der Waals surface area contributed by atoms with Gasteiger partial charge < -0.3 is 41.3 Å². The molecule has 8 rings (SSSR count). The van der Waals surface area contributed by atoms with Crippen LogP contribution in [0.15, 0.2) is 59.0 Å². The molecule has 6 heterocycles. The van der Waals surface area contributed by atoms with Crippen LogP contribution in [0.2, 0.25) is 5.02 Å². The molecule has 76 heavy (non-hydrogen) atoms. The van der Waals surface area contributed by atoms with Crippen molar-refractivity contribution in [1.29, 1.82) is 0 Å². The third-order valence-electron chi connectivity index (χ3n) is 13.7. The Labute approximate surface area is 452 Å². The number of Topliss-reactive ketones (excluding diaryl/α,β-unsaturated/α-hetero) is 1. The largest absolute Gasteiger partial charge is 0.391 e. The minimum atomic E-state index is -1.15. The van der Waals surface area contributed by atoms with Crippen LogP contribution in [0, 0.1) is 39.0 Å². The fourth-order valence-electron chi connectivity index (χ4n) is 9.52. The summed E-state index contributed by atoms with van der Waals surface area (Å²) in [5, 5.41) is 35.0. The fourth-order valence-corrected chi connectivity index (χ4v) is 11.7. The highest BCUT2D eigenvalue weighted by molar-refractivity contribution is 7.15. The summed E-state index contributed by atoms with van der Waals surface area (Å²) in [4.78, 5) is 110. The number of ketones is 1. The number of amides is 6. The smallest absolute Gasteiger partial charge is 0.246 e. The number of nitrogens with one attached hydrogen (secondary N) is 5. The van der Waals surface area contributed by atoms with E-state index in [9.17, 15) is 38.7 Å². The molecular weight excluding hydrogens is 1030 g/mol. The maximum atomic E-state index is 14.3. The number of hydrogen-bond acceptors (Lipinski definition) is 15. The molecule has 6 atom stereocenters. The van der Waals surface area contributed by atoms with E-state index < -0.39 is 96.0 Å². The van der Waals surface area contributed by atoms with Gasteiger partial charge in [-0.1, -0.05) is 68.8 Å². The SMILES string of the molecule is Cc1ncsc1-c1ccc([C@@H]2CC(=O)NCC(=O)C[C@H](CNC(=O)C[C@@H]3N=C(c4ccc(Cl)cc4)c4c(sc(C)c4C)-n4c(C)nnc43)C(=O)NCCOCC(=O)N[C@@H](C(C)(C)C)C(=O)N3C[C@H](O)C[C@H]3C(=O)N2)cc1. The second-order valence-corrected chi connectivity index (χ2v) is 22.9. The Morgan fingerprint density at radius 2 is 1.63 bits per heavy atom. The molecule has 3 aromatic heterocycles. The fraction of sp³-hybridized carbons (Fsp3) is 0.453. The van der Waals surface area contributed by atoms with E-state index in [1.54, 1.807) is 61.9 Å². The zero-order valence-electron chi connectivity index (χ0n) is 43.3. The maximum Gasteiger partial charge on any atom is 0.246 e. The summed E-state index contributed by atoms with van der Waals surface area (Å²) in [6.07, 6.45) is -2.04. The van der Waals surface area contributed by atoms with Crippen LogP contribution in [0.4, 0.5) is 0 Å². The Morgan fingerprint density at radius 1 is 0.908 bits per heavy atom. The zero-order chi connectivity index (χ0) is 54.6. The first-order chi connectivity index (χ1) is 36.2. The van der Waals surface area contributed by atoms with Crippen molar-refractivity contribution in [3.05, 3.63) is 104 Å². The Kier molecular flexibility index (Phi) is 17.3. The topological polar surface area (TPSA) is 268 Å². The third kappa shape index (κ3) is 12.7. The van der Waals surface area contributed by atoms with E-state index in [2.05, 4.69) is 41.8 Å². The number of aliphatic imine (C=N–C) groups is 1. The van der Waals surface area contributed by atoms with E-state index in [-0.39, 0.29) is 51.9 Å². The van der Waals surface area contributed by atoms with E-state index in [4.69, 9.17) is 21.3 Å². The van der Waals surface area contributed by atoms with Gasteiger partial charge in [0, 0.05) is 53.5 Å². The minimum Gasteiger partial charge on any atom is -0.391 e. The minimum absolute atomic E-state index is 0.0833. The van der Waals surface area contributed by atoms with Gasteiger partial charge in [0.05, 0.1) is 65.9 Å². The third-order valence-corrected chi connectivity index (χ3v) is 16.1. The molecule has 2 aromatic carbocycles. The van der Waals surface area contributed by atoms with Crippen molar-refractivity contribution in [3.8, 4) is 15.4 Å². The van der Waals surface area contributed by atoms with E-state index >= 15 is 0 Å². The van der Waals surface area contributed by atoms with Gasteiger partial charge in [0.2, 0.25) is 35.4 Å². The molecular formula is C53H62ClN11O9S2. The lowest BCUT2D eigenvalue weighted by molar-refractivity contribution is -0.144. The Morgan fingerprint density at radius 3 is 2.33 bits per heavy atom. The molecule has 3 aliphatic heterocycles. The first-order valence-corrected chi connectivity index (χ1v) is 27.1. The summed E-state index contributed by atoms with van der Waals surface area (Å²) >= 11 is 9.33. The Balaban J connectivity index is 1.02. The molecule has 2 saturated heterocycles. The van der Waals surface area contributed by atoms with Crippen molar-refractivity contribution >= 4 is 81.2 Å². The Hall–Kier alpha value is -6.72. The molecule has 5 aromatic rings. The number of aliphatic hydroxyl groups excluding tert-OH is 1. The first-order valence-electron chi connectivity index (χ1n) is 25.0. The van der Waals surface area contributed by atoms with Gasteiger partial charge in [-0.2, -0.15) is 0 Å². The van der Waals surface area contributed by atoms with Gasteiger partial charge in [-0.05, 0) is 61.9 Å². The summed E-state index contributed by atoms with van der Waals surface area (Å²) in [7, 11) is 0. The number of nitrogens with zero attached hydrogens (tertiary/aromatic N) is 6. The highest BCUT2D eigenvalue weighted by Crippen LogP contribution is 2.40. The van der Waals surface area contributed by atoms with Crippen molar-refractivity contribution in [2.45, 2.75) is 104 Å². The number of ether oxygens (including phenoxy) is 1. The van der Waals surface area contributed by atoms with Gasteiger partial charge in [-0.15, -0.1) is 32.9 Å². The molecule has 23 heteroatoms. The summed E-state index contributed by atoms with van der Waals surface area (Å²) in [6, 6.07) is 10.5. The standard InChI is InChI=1S/C53H62ClN11O9S2/c1-27-29(3)76-52-44(27)45(32-12-14-35(54)15-13-32)59-39(48-63-62-30(4)65(48)52)21-42(69)56-22-34-18-36(66)23-57-41(68)20-38(31-8-10-33(11-9-31)46-28(2)58-26-75-46)60-50(72)40-19-37(67)24-64(40)51(73)47(53(5,6)7)61-43(70)25-74-17-16-55-49(34)71/h8-15,26,34,37-40,47,67H,16-25H2,1-7H3,(H,55,71)(H,56,69)(H,57,68)(H,60,72)(H,61,70)/t34-,37-,38+,39+,40+,47-/m1/s1. The van der Waals surface area contributed by atoms with Crippen LogP contribution in [0.1, 0.15) is 103 Å². The normalized spacial score (nSPS) is 22.6. The van der Waals surface area contributed by atoms with Gasteiger partial charge in [0.1, 0.15) is 35.6 Å². The number of thiophene rings is 1. The van der Waals surface area contributed by atoms with E-state index in [0.29, 0.717) is 27.9 Å². The van der Waals surface area contributed by atoms with Crippen molar-refractivity contribution in [3.63, 3.8) is 0 Å². The molecule has 0 radical (unpaired) electrons. The van der Waals surface area contributed by atoms with Crippen LogP contribution < -0.4 is 26.6 Å². The van der Waals surface area contributed by atoms with Crippen molar-refractivity contribution in [1.82, 2.24) is 51.2 Å². The molecule has 0 aliphatic carbocycles. The molecule has 20 nitrogen and oxygen atoms in total. The molecule has 6 N–H and O–H groups in total. The number of rotatable bonds is 7. The number of benzene rings is 2. The molecule has 2 fully saturated rings. The predicted octanol–water partition coefficient (Wildman–Crippen LogP) is 4.32. The van der Waals surface area contributed by atoms with Crippen molar-refractivity contribution in [2.75, 3.05) is 39.4 Å². The Bertz CT molecular complexity index is 3050. The quantitative estimate of drug-likeness (QED) is 0.133. The number of aryl methyl sites for hydroxylation is 3. The number of carbonyl (C=O) groups excluding carboxylic acids is 7. The molecule has 402 valence electrons. The number of fused-ring (bicyclic) bond motifs is 4. The van der Waals surface area contributed by atoms with Crippen molar-refractivity contribution in [2.24, 2.45) is 16.3 Å². The number of thiazole rings is 1. The second kappa shape index (κ2) is 23.7.